The monoisotopic (exact) mass is 676 g/mol. The third kappa shape index (κ3) is 4.39. The molecule has 53 heavy (non-hydrogen) atoms. The van der Waals surface area contributed by atoms with Crippen LogP contribution in [0, 0.1) is 0 Å². The van der Waals surface area contributed by atoms with Crippen molar-refractivity contribution < 1.29 is 0 Å². The summed E-state index contributed by atoms with van der Waals surface area (Å²) in [6.07, 6.45) is 0. The minimum Gasteiger partial charge on any atom is -0.310 e. The van der Waals surface area contributed by atoms with Gasteiger partial charge >= 0.3 is 0 Å². The van der Waals surface area contributed by atoms with E-state index in [1.807, 2.05) is 0 Å². The van der Waals surface area contributed by atoms with Crippen LogP contribution in [0.15, 0.2) is 182 Å². The summed E-state index contributed by atoms with van der Waals surface area (Å²) >= 11 is 0. The van der Waals surface area contributed by atoms with Crippen molar-refractivity contribution in [3.63, 3.8) is 0 Å². The molecule has 2 heteroatoms. The zero-order chi connectivity index (χ0) is 35.3. The first-order chi connectivity index (χ1) is 26.0. The minimum absolute atomic E-state index is 0.0933. The quantitative estimate of drug-likeness (QED) is 0.183. The Balaban J connectivity index is 1.09. The van der Waals surface area contributed by atoms with Crippen molar-refractivity contribution >= 4 is 66.4 Å². The van der Waals surface area contributed by atoms with Crippen LogP contribution in [0.3, 0.4) is 0 Å². The SMILES string of the molecule is CC1(C)c2ccccc2-c2ccc(N(c3ccc(N4c5ccc6ccccc6c5-c5cccc6cccc4c56)cc3)c3ccc4ccccc4c3)cc21. The van der Waals surface area contributed by atoms with Crippen LogP contribution in [0.5, 0.6) is 0 Å². The van der Waals surface area contributed by atoms with Crippen molar-refractivity contribution in [2.45, 2.75) is 19.3 Å². The molecular weight excluding hydrogens is 641 g/mol. The number of hydrogen-bond donors (Lipinski definition) is 0. The van der Waals surface area contributed by atoms with Crippen LogP contribution in [-0.4, -0.2) is 0 Å². The smallest absolute Gasteiger partial charge is 0.0547 e. The number of nitrogens with zero attached hydrogens (tertiary/aromatic N) is 2. The lowest BCUT2D eigenvalue weighted by molar-refractivity contribution is 0.660. The van der Waals surface area contributed by atoms with E-state index in [0.717, 1.165) is 22.7 Å². The van der Waals surface area contributed by atoms with Crippen LogP contribution in [-0.2, 0) is 5.41 Å². The molecule has 0 aromatic heterocycles. The predicted molar refractivity (Wildman–Crippen MR) is 225 cm³/mol. The van der Waals surface area contributed by atoms with Crippen molar-refractivity contribution in [1.29, 1.82) is 0 Å². The van der Waals surface area contributed by atoms with Crippen LogP contribution in [0.25, 0.3) is 54.6 Å². The van der Waals surface area contributed by atoms with Gasteiger partial charge in [0.15, 0.2) is 0 Å². The summed E-state index contributed by atoms with van der Waals surface area (Å²) in [6, 6.07) is 67.3. The van der Waals surface area contributed by atoms with Gasteiger partial charge in [0.25, 0.3) is 0 Å². The van der Waals surface area contributed by atoms with Crippen molar-refractivity contribution in [1.82, 2.24) is 0 Å². The van der Waals surface area contributed by atoms with E-state index in [0.29, 0.717) is 0 Å². The highest BCUT2D eigenvalue weighted by Gasteiger charge is 2.36. The fourth-order valence-electron chi connectivity index (χ4n) is 9.20. The van der Waals surface area contributed by atoms with Gasteiger partial charge in [-0.1, -0.05) is 135 Å². The molecule has 1 aliphatic heterocycles. The Bertz CT molecular complexity index is 2930. The molecule has 0 N–H and O–H groups in total. The van der Waals surface area contributed by atoms with Gasteiger partial charge in [-0.25, -0.2) is 0 Å². The van der Waals surface area contributed by atoms with Crippen LogP contribution in [0.1, 0.15) is 25.0 Å². The maximum atomic E-state index is 2.45. The van der Waals surface area contributed by atoms with Gasteiger partial charge in [0.1, 0.15) is 0 Å². The molecule has 0 spiro atoms. The number of fused-ring (bicyclic) bond motifs is 8. The van der Waals surface area contributed by atoms with Crippen LogP contribution in [0.2, 0.25) is 0 Å². The highest BCUT2D eigenvalue weighted by Crippen LogP contribution is 2.54. The topological polar surface area (TPSA) is 6.48 Å². The van der Waals surface area contributed by atoms with Crippen molar-refractivity contribution in [3.8, 4) is 22.3 Å². The standard InChI is InChI=1S/C51H36N2/c1-51(2)45-19-8-7-17-42(45)43-29-28-40(32-46(43)51)52(39-23-21-33-11-3-4-13-36(33)31-39)37-24-26-38(27-25-37)53-47-20-10-15-35-14-9-18-44(49(35)47)50-41-16-6-5-12-34(41)22-30-48(50)53/h3-32H,1-2H3. The van der Waals surface area contributed by atoms with Gasteiger partial charge in [-0.15, -0.1) is 0 Å². The van der Waals surface area contributed by atoms with E-state index >= 15 is 0 Å². The van der Waals surface area contributed by atoms with Crippen molar-refractivity contribution in [2.24, 2.45) is 0 Å². The average molecular weight is 677 g/mol. The number of rotatable bonds is 4. The molecule has 1 aliphatic carbocycles. The number of hydrogen-bond acceptors (Lipinski definition) is 2. The Morgan fingerprint density at radius 2 is 1.04 bits per heavy atom. The summed E-state index contributed by atoms with van der Waals surface area (Å²) in [7, 11) is 0. The lowest BCUT2D eigenvalue weighted by atomic mass is 9.82. The molecule has 0 amide bonds. The molecule has 2 aliphatic rings. The first-order valence-electron chi connectivity index (χ1n) is 18.5. The normalized spacial score (nSPS) is 13.6. The predicted octanol–water partition coefficient (Wildman–Crippen LogP) is 14.4. The Kier molecular flexibility index (Phi) is 6.33. The molecule has 11 rings (SSSR count). The molecule has 1 heterocycles. The Morgan fingerprint density at radius 1 is 0.415 bits per heavy atom. The van der Waals surface area contributed by atoms with Gasteiger partial charge in [0, 0.05) is 39.1 Å². The van der Waals surface area contributed by atoms with E-state index in [-0.39, 0.29) is 5.41 Å². The maximum Gasteiger partial charge on any atom is 0.0547 e. The zero-order valence-electron chi connectivity index (χ0n) is 29.7. The molecule has 0 saturated carbocycles. The third-order valence-corrected chi connectivity index (χ3v) is 11.7. The van der Waals surface area contributed by atoms with Gasteiger partial charge in [0.05, 0.1) is 11.4 Å². The fraction of sp³-hybridized carbons (Fsp3) is 0.0588. The molecule has 2 nitrogen and oxygen atoms in total. The maximum absolute atomic E-state index is 2.45. The summed E-state index contributed by atoms with van der Waals surface area (Å²) in [5.41, 5.74) is 14.9. The third-order valence-electron chi connectivity index (χ3n) is 11.7. The largest absolute Gasteiger partial charge is 0.310 e. The van der Waals surface area contributed by atoms with E-state index in [1.54, 1.807) is 0 Å². The summed E-state index contributed by atoms with van der Waals surface area (Å²) in [4.78, 5) is 4.87. The second-order valence-electron chi connectivity index (χ2n) is 15.0. The van der Waals surface area contributed by atoms with Crippen molar-refractivity contribution in [3.05, 3.63) is 193 Å². The minimum atomic E-state index is -0.0933. The Hall–Kier alpha value is -6.64. The molecule has 250 valence electrons. The van der Waals surface area contributed by atoms with Crippen molar-refractivity contribution in [2.75, 3.05) is 9.80 Å². The van der Waals surface area contributed by atoms with Gasteiger partial charge in [0.2, 0.25) is 0 Å². The lowest BCUT2D eigenvalue weighted by Crippen LogP contribution is -2.17. The molecule has 0 bridgehead atoms. The second-order valence-corrected chi connectivity index (χ2v) is 15.0. The summed E-state index contributed by atoms with van der Waals surface area (Å²) in [5, 5.41) is 7.54. The fourth-order valence-corrected chi connectivity index (χ4v) is 9.20. The molecule has 0 radical (unpaired) electrons. The van der Waals surface area contributed by atoms with Gasteiger partial charge in [-0.05, 0) is 115 Å². The average Bonchev–Trinajstić information content (AvgIpc) is 3.44. The molecular formula is C51H36N2. The van der Waals surface area contributed by atoms with Crippen LogP contribution < -0.4 is 9.80 Å². The van der Waals surface area contributed by atoms with E-state index < -0.39 is 0 Å². The molecule has 0 atom stereocenters. The van der Waals surface area contributed by atoms with E-state index in [1.165, 1.54) is 77.1 Å². The highest BCUT2D eigenvalue weighted by atomic mass is 15.2. The molecule has 0 fully saturated rings. The van der Waals surface area contributed by atoms with Crippen LogP contribution in [0.4, 0.5) is 34.1 Å². The Morgan fingerprint density at radius 3 is 1.91 bits per heavy atom. The summed E-state index contributed by atoms with van der Waals surface area (Å²) in [5.74, 6) is 0. The number of anilines is 6. The van der Waals surface area contributed by atoms with Gasteiger partial charge in [-0.2, -0.15) is 0 Å². The highest BCUT2D eigenvalue weighted by molar-refractivity contribution is 6.19. The molecule has 0 saturated heterocycles. The second kappa shape index (κ2) is 11.2. The van der Waals surface area contributed by atoms with E-state index in [4.69, 9.17) is 0 Å². The van der Waals surface area contributed by atoms with Gasteiger partial charge in [-0.3, -0.25) is 0 Å². The van der Waals surface area contributed by atoms with E-state index in [9.17, 15) is 0 Å². The van der Waals surface area contributed by atoms with Crippen LogP contribution >= 0.6 is 0 Å². The Labute approximate surface area is 309 Å². The molecule has 9 aromatic rings. The molecule has 9 aromatic carbocycles. The van der Waals surface area contributed by atoms with E-state index in [2.05, 4.69) is 206 Å². The summed E-state index contributed by atoms with van der Waals surface area (Å²) in [6.45, 7) is 4.71. The summed E-state index contributed by atoms with van der Waals surface area (Å²) < 4.78 is 0. The first-order valence-corrected chi connectivity index (χ1v) is 18.5. The molecule has 0 unspecified atom stereocenters. The number of benzene rings is 9. The van der Waals surface area contributed by atoms with Gasteiger partial charge < -0.3 is 9.80 Å². The first kappa shape index (κ1) is 30.0. The lowest BCUT2D eigenvalue weighted by Gasteiger charge is -2.34. The zero-order valence-corrected chi connectivity index (χ0v) is 29.7.